The summed E-state index contributed by atoms with van der Waals surface area (Å²) < 4.78 is 17.7. The van der Waals surface area contributed by atoms with Gasteiger partial charge >= 0.3 is 251 Å². The molecule has 2 nitrogen and oxygen atoms in total. The van der Waals surface area contributed by atoms with E-state index in [1.54, 1.807) is 18.2 Å². The molecule has 4 heterocycles. The maximum atomic E-state index is 6.33. The molecule has 212 valence electrons. The fourth-order valence-corrected chi connectivity index (χ4v) is 31.4. The van der Waals surface area contributed by atoms with E-state index in [2.05, 4.69) is 80.5 Å². The normalized spacial score (nSPS) is 20.9. The van der Waals surface area contributed by atoms with Crippen LogP contribution in [-0.4, -0.2) is 34.9 Å². The molecule has 2 aromatic rings. The van der Waals surface area contributed by atoms with Crippen molar-refractivity contribution in [1.82, 2.24) is 0 Å². The number of unbranched alkanes of at least 4 members (excludes halogenated alkanes) is 6. The summed E-state index contributed by atoms with van der Waals surface area (Å²) in [6.07, 6.45) is 20.1. The molecule has 38 heavy (non-hydrogen) atoms. The first-order valence-electron chi connectivity index (χ1n) is 15.5. The SMILES string of the molecule is CCCCCCc1ccc(C2(c3scc4c3OCCO4)C=C[CH]([Sn]([CH2]CCC)([CH2]CCC)[CH2]CCC)S2)s1. The van der Waals surface area contributed by atoms with Crippen LogP contribution in [0.3, 0.4) is 0 Å². The minimum atomic E-state index is -2.47. The minimum absolute atomic E-state index is 0.122. The van der Waals surface area contributed by atoms with Crippen molar-refractivity contribution in [1.29, 1.82) is 0 Å². The van der Waals surface area contributed by atoms with Crippen LogP contribution >= 0.6 is 34.4 Å². The van der Waals surface area contributed by atoms with Gasteiger partial charge in [0.05, 0.1) is 0 Å². The van der Waals surface area contributed by atoms with E-state index in [0.717, 1.165) is 14.8 Å². The van der Waals surface area contributed by atoms with Gasteiger partial charge < -0.3 is 0 Å². The average Bonchev–Trinajstić information content (AvgIpc) is 3.70. The second kappa shape index (κ2) is 15.2. The summed E-state index contributed by atoms with van der Waals surface area (Å²) in [6.45, 7) is 10.8. The molecule has 6 heteroatoms. The van der Waals surface area contributed by atoms with Gasteiger partial charge in [0.2, 0.25) is 0 Å². The fourth-order valence-electron chi connectivity index (χ4n) is 6.16. The van der Waals surface area contributed by atoms with Crippen molar-refractivity contribution in [3.63, 3.8) is 0 Å². The Kier molecular flexibility index (Phi) is 12.3. The molecule has 2 aromatic heterocycles. The van der Waals surface area contributed by atoms with E-state index in [4.69, 9.17) is 9.47 Å². The molecule has 0 saturated heterocycles. The van der Waals surface area contributed by atoms with Crippen molar-refractivity contribution in [3.8, 4) is 11.5 Å². The molecule has 0 amide bonds. The summed E-state index contributed by atoms with van der Waals surface area (Å²) in [7, 11) is 0. The summed E-state index contributed by atoms with van der Waals surface area (Å²) in [4.78, 5) is 4.43. The Balaban J connectivity index is 1.70. The summed E-state index contributed by atoms with van der Waals surface area (Å²) >= 11 is 3.77. The predicted octanol–water partition coefficient (Wildman–Crippen LogP) is 11.0. The summed E-state index contributed by atoms with van der Waals surface area (Å²) in [5.41, 5.74) is 0. The number of rotatable bonds is 17. The molecular formula is C32H50O2S3Sn. The number of aryl methyl sites for hydroxylation is 1. The standard InChI is InChI=1S/C20H23O2S3.3C4H9.Sn/c1-2-3-4-5-7-15-8-9-17(25-15)20(10-6-13-24-20)19-18-16(14-23-19)21-11-12-22-18;3*1-3-4-2;/h6,8-10,13-14H,2-5,7,11-12H2,1H3;3*1,3-4H2,2H3;. The third-order valence-corrected chi connectivity index (χ3v) is 32.3. The van der Waals surface area contributed by atoms with Crippen LogP contribution in [0, 0.1) is 0 Å². The molecule has 0 radical (unpaired) electrons. The quantitative estimate of drug-likeness (QED) is 0.0941. The molecule has 2 aliphatic rings. The van der Waals surface area contributed by atoms with Gasteiger partial charge in [-0.3, -0.25) is 0 Å². The van der Waals surface area contributed by atoms with E-state index in [1.807, 2.05) is 11.3 Å². The van der Waals surface area contributed by atoms with E-state index in [1.165, 1.54) is 80.4 Å². The number of thiophene rings is 2. The van der Waals surface area contributed by atoms with Crippen LogP contribution in [0.4, 0.5) is 0 Å². The summed E-state index contributed by atoms with van der Waals surface area (Å²) in [5.74, 6) is 1.98. The van der Waals surface area contributed by atoms with E-state index in [9.17, 15) is 0 Å². The van der Waals surface area contributed by atoms with Crippen molar-refractivity contribution in [2.45, 2.75) is 120 Å². The molecule has 4 rings (SSSR count). The van der Waals surface area contributed by atoms with Gasteiger partial charge in [0, 0.05) is 0 Å². The second-order valence-corrected chi connectivity index (χ2v) is 29.8. The molecule has 0 fully saturated rings. The first-order valence-corrected chi connectivity index (χ1v) is 25.7. The van der Waals surface area contributed by atoms with Crippen molar-refractivity contribution in [2.75, 3.05) is 13.2 Å². The van der Waals surface area contributed by atoms with E-state index in [0.29, 0.717) is 13.2 Å². The number of hydrogen-bond donors (Lipinski definition) is 0. The van der Waals surface area contributed by atoms with Gasteiger partial charge in [0.15, 0.2) is 0 Å². The zero-order valence-corrected chi connectivity index (χ0v) is 29.6. The average molecular weight is 682 g/mol. The van der Waals surface area contributed by atoms with Crippen molar-refractivity contribution < 1.29 is 9.47 Å². The number of ether oxygens (including phenoxy) is 2. The van der Waals surface area contributed by atoms with Gasteiger partial charge in [-0.15, -0.1) is 0 Å². The molecule has 0 aromatic carbocycles. The molecule has 0 aliphatic carbocycles. The number of thioether (sulfide) groups is 1. The monoisotopic (exact) mass is 682 g/mol. The number of fused-ring (bicyclic) bond motifs is 1. The van der Waals surface area contributed by atoms with Gasteiger partial charge in [-0.2, -0.15) is 0 Å². The van der Waals surface area contributed by atoms with E-state index < -0.39 is 18.4 Å². The molecule has 2 aliphatic heterocycles. The van der Waals surface area contributed by atoms with Gasteiger partial charge in [-0.05, 0) is 0 Å². The Morgan fingerprint density at radius 2 is 1.53 bits per heavy atom. The van der Waals surface area contributed by atoms with Crippen molar-refractivity contribution >= 4 is 52.8 Å². The fraction of sp³-hybridized carbons (Fsp3) is 0.688. The van der Waals surface area contributed by atoms with Gasteiger partial charge in [-0.25, -0.2) is 0 Å². The molecule has 2 unspecified atom stereocenters. The van der Waals surface area contributed by atoms with Crippen LogP contribution in [0.2, 0.25) is 13.3 Å². The molecule has 2 atom stereocenters. The van der Waals surface area contributed by atoms with Gasteiger partial charge in [0.25, 0.3) is 0 Å². The first kappa shape index (κ1) is 30.8. The Labute approximate surface area is 249 Å². The third-order valence-electron chi connectivity index (χ3n) is 8.45. The molecule has 0 spiro atoms. The van der Waals surface area contributed by atoms with Crippen molar-refractivity contribution in [3.05, 3.63) is 44.3 Å². The van der Waals surface area contributed by atoms with Crippen LogP contribution in [-0.2, 0) is 11.2 Å². The zero-order valence-electron chi connectivity index (χ0n) is 24.3. The van der Waals surface area contributed by atoms with Crippen LogP contribution in [0.25, 0.3) is 0 Å². The molecule has 0 bridgehead atoms. The Morgan fingerprint density at radius 1 is 0.842 bits per heavy atom. The van der Waals surface area contributed by atoms with Crippen LogP contribution in [0.5, 0.6) is 11.5 Å². The van der Waals surface area contributed by atoms with Crippen LogP contribution in [0.1, 0.15) is 107 Å². The Bertz CT molecular complexity index is 990. The maximum absolute atomic E-state index is 6.33. The third kappa shape index (κ3) is 7.02. The van der Waals surface area contributed by atoms with Gasteiger partial charge in [-0.1, -0.05) is 0 Å². The van der Waals surface area contributed by atoms with E-state index >= 15 is 0 Å². The summed E-state index contributed by atoms with van der Waals surface area (Å²) in [6, 6.07) is 4.88. The van der Waals surface area contributed by atoms with E-state index in [-0.39, 0.29) is 4.75 Å². The molecule has 0 N–H and O–H groups in total. The predicted molar refractivity (Wildman–Crippen MR) is 174 cm³/mol. The van der Waals surface area contributed by atoms with Crippen LogP contribution in [0.15, 0.2) is 29.7 Å². The second-order valence-electron chi connectivity index (χ2n) is 11.3. The molecular weight excluding hydrogens is 631 g/mol. The Hall–Kier alpha value is -0.111. The first-order chi connectivity index (χ1) is 18.6. The van der Waals surface area contributed by atoms with Crippen molar-refractivity contribution in [2.24, 2.45) is 0 Å². The topological polar surface area (TPSA) is 18.5 Å². The van der Waals surface area contributed by atoms with Gasteiger partial charge in [0.1, 0.15) is 0 Å². The zero-order chi connectivity index (χ0) is 26.8. The Morgan fingerprint density at radius 3 is 2.21 bits per heavy atom. The summed E-state index contributed by atoms with van der Waals surface area (Å²) in [5, 5.41) is 2.20. The molecule has 0 saturated carbocycles. The van der Waals surface area contributed by atoms with Crippen LogP contribution < -0.4 is 9.47 Å². The number of hydrogen-bond acceptors (Lipinski definition) is 5.